The third kappa shape index (κ3) is 6.59. The standard InChI is InChI=1S/C23H29N5O3.HI/c1-24-23(27(2)15-19-6-4-5-7-20(19)31-3)26-14-17-8-10-18(11-9-17)22(30)28-13-12-25-21(29)16-28;/h4-11H,12-16H2,1-3H3,(H,24,26)(H,25,29);1H. The van der Waals surface area contributed by atoms with Crippen LogP contribution in [0.5, 0.6) is 5.75 Å². The van der Waals surface area contributed by atoms with E-state index >= 15 is 0 Å². The van der Waals surface area contributed by atoms with E-state index in [1.165, 1.54) is 0 Å². The fraction of sp³-hybridized carbons (Fsp3) is 0.348. The van der Waals surface area contributed by atoms with Gasteiger partial charge in [0.05, 0.1) is 13.7 Å². The first-order valence-corrected chi connectivity index (χ1v) is 10.2. The van der Waals surface area contributed by atoms with E-state index < -0.39 is 0 Å². The van der Waals surface area contributed by atoms with Crippen LogP contribution in [0.4, 0.5) is 0 Å². The zero-order chi connectivity index (χ0) is 22.2. The number of nitrogens with one attached hydrogen (secondary N) is 2. The van der Waals surface area contributed by atoms with Crippen molar-refractivity contribution in [1.29, 1.82) is 0 Å². The largest absolute Gasteiger partial charge is 0.496 e. The third-order valence-electron chi connectivity index (χ3n) is 5.15. The van der Waals surface area contributed by atoms with E-state index in [1.54, 1.807) is 31.2 Å². The molecule has 2 N–H and O–H groups in total. The minimum atomic E-state index is -0.123. The number of para-hydroxylation sites is 1. The van der Waals surface area contributed by atoms with Gasteiger partial charge in [0.15, 0.2) is 5.96 Å². The highest BCUT2D eigenvalue weighted by Gasteiger charge is 2.22. The van der Waals surface area contributed by atoms with E-state index in [2.05, 4.69) is 15.6 Å². The molecule has 8 nitrogen and oxygen atoms in total. The van der Waals surface area contributed by atoms with Crippen molar-refractivity contribution in [2.45, 2.75) is 13.1 Å². The van der Waals surface area contributed by atoms with Crippen molar-refractivity contribution < 1.29 is 14.3 Å². The Balaban J connectivity index is 0.00000363. The number of amides is 2. The Morgan fingerprint density at radius 1 is 1.22 bits per heavy atom. The molecule has 1 fully saturated rings. The highest BCUT2D eigenvalue weighted by molar-refractivity contribution is 14.0. The maximum absolute atomic E-state index is 12.6. The zero-order valence-electron chi connectivity index (χ0n) is 18.6. The Bertz CT molecular complexity index is 949. The number of carbonyl (C=O) groups excluding carboxylic acids is 2. The highest BCUT2D eigenvalue weighted by atomic mass is 127. The summed E-state index contributed by atoms with van der Waals surface area (Å²) in [5, 5.41) is 6.08. The molecule has 0 radical (unpaired) electrons. The number of ether oxygens (including phenoxy) is 1. The molecule has 0 aliphatic carbocycles. The van der Waals surface area contributed by atoms with Crippen LogP contribution in [0.1, 0.15) is 21.5 Å². The summed E-state index contributed by atoms with van der Waals surface area (Å²) >= 11 is 0. The van der Waals surface area contributed by atoms with Gasteiger partial charge in [-0.3, -0.25) is 14.6 Å². The number of hydrogen-bond acceptors (Lipinski definition) is 4. The van der Waals surface area contributed by atoms with Crippen LogP contribution in [0.3, 0.4) is 0 Å². The molecule has 2 aromatic carbocycles. The molecule has 32 heavy (non-hydrogen) atoms. The summed E-state index contributed by atoms with van der Waals surface area (Å²) < 4.78 is 5.43. The molecule has 0 unspecified atom stereocenters. The van der Waals surface area contributed by atoms with Crippen LogP contribution in [0.15, 0.2) is 53.5 Å². The molecule has 3 rings (SSSR count). The van der Waals surface area contributed by atoms with Crippen molar-refractivity contribution in [3.8, 4) is 5.75 Å². The molecule has 2 amide bonds. The number of nitrogens with zero attached hydrogens (tertiary/aromatic N) is 3. The van der Waals surface area contributed by atoms with Crippen molar-refractivity contribution in [3.63, 3.8) is 0 Å². The Kier molecular flexibility index (Phi) is 9.76. The molecule has 1 aliphatic rings. The number of carbonyl (C=O) groups is 2. The molecule has 1 heterocycles. The lowest BCUT2D eigenvalue weighted by atomic mass is 10.1. The molecule has 0 aromatic heterocycles. The topological polar surface area (TPSA) is 86.3 Å². The van der Waals surface area contributed by atoms with E-state index in [4.69, 9.17) is 4.74 Å². The average molecular weight is 551 g/mol. The number of aliphatic imine (C=N–C) groups is 1. The van der Waals surface area contributed by atoms with E-state index in [0.29, 0.717) is 31.7 Å². The number of hydrogen-bond donors (Lipinski definition) is 2. The second-order valence-corrected chi connectivity index (χ2v) is 7.34. The van der Waals surface area contributed by atoms with Gasteiger partial charge in [-0.2, -0.15) is 0 Å². The molecule has 1 saturated heterocycles. The second-order valence-electron chi connectivity index (χ2n) is 7.34. The average Bonchev–Trinajstić information content (AvgIpc) is 2.80. The number of benzene rings is 2. The lowest BCUT2D eigenvalue weighted by molar-refractivity contribution is -0.123. The Morgan fingerprint density at radius 2 is 1.94 bits per heavy atom. The van der Waals surface area contributed by atoms with Gasteiger partial charge in [0.2, 0.25) is 5.91 Å². The van der Waals surface area contributed by atoms with Crippen LogP contribution in [-0.2, 0) is 17.9 Å². The van der Waals surface area contributed by atoms with E-state index in [1.807, 2.05) is 48.3 Å². The van der Waals surface area contributed by atoms with Gasteiger partial charge in [0, 0.05) is 51.4 Å². The van der Waals surface area contributed by atoms with Gasteiger partial charge in [-0.15, -0.1) is 24.0 Å². The molecule has 1 aliphatic heterocycles. The number of rotatable bonds is 6. The molecular weight excluding hydrogens is 521 g/mol. The van der Waals surface area contributed by atoms with Crippen molar-refractivity contribution >= 4 is 41.8 Å². The zero-order valence-corrected chi connectivity index (χ0v) is 21.0. The first-order chi connectivity index (χ1) is 15.0. The maximum Gasteiger partial charge on any atom is 0.254 e. The Hall–Kier alpha value is -2.82. The highest BCUT2D eigenvalue weighted by Crippen LogP contribution is 2.18. The molecule has 2 aromatic rings. The fourth-order valence-electron chi connectivity index (χ4n) is 3.49. The number of piperazine rings is 1. The van der Waals surface area contributed by atoms with Crippen LogP contribution in [0.25, 0.3) is 0 Å². The summed E-state index contributed by atoms with van der Waals surface area (Å²) in [6.45, 7) is 2.36. The lowest BCUT2D eigenvalue weighted by Gasteiger charge is -2.26. The van der Waals surface area contributed by atoms with Gasteiger partial charge in [0.25, 0.3) is 5.91 Å². The van der Waals surface area contributed by atoms with Crippen molar-refractivity contribution in [3.05, 3.63) is 65.2 Å². The summed E-state index contributed by atoms with van der Waals surface area (Å²) in [6, 6.07) is 15.3. The minimum Gasteiger partial charge on any atom is -0.496 e. The van der Waals surface area contributed by atoms with Crippen LogP contribution in [0, 0.1) is 0 Å². The first kappa shape index (κ1) is 25.4. The van der Waals surface area contributed by atoms with Gasteiger partial charge in [-0.05, 0) is 23.8 Å². The SMILES string of the molecule is CN=C(NCc1ccc(C(=O)N2CCNC(=O)C2)cc1)N(C)Cc1ccccc1OC.I. The molecule has 0 saturated carbocycles. The quantitative estimate of drug-likeness (QED) is 0.327. The number of guanidine groups is 1. The Morgan fingerprint density at radius 3 is 2.59 bits per heavy atom. The number of methoxy groups -OCH3 is 1. The fourth-order valence-corrected chi connectivity index (χ4v) is 3.49. The van der Waals surface area contributed by atoms with Crippen LogP contribution >= 0.6 is 24.0 Å². The molecule has 0 bridgehead atoms. The summed E-state index contributed by atoms with van der Waals surface area (Å²) in [7, 11) is 5.39. The van der Waals surface area contributed by atoms with Gasteiger partial charge >= 0.3 is 0 Å². The van der Waals surface area contributed by atoms with Crippen molar-refractivity contribution in [2.24, 2.45) is 4.99 Å². The molecule has 172 valence electrons. The maximum atomic E-state index is 12.6. The van der Waals surface area contributed by atoms with Crippen LogP contribution in [-0.4, -0.2) is 68.4 Å². The summed E-state index contributed by atoms with van der Waals surface area (Å²) in [4.78, 5) is 32.0. The molecular formula is C23H30IN5O3. The Labute approximate surface area is 206 Å². The van der Waals surface area contributed by atoms with Crippen LogP contribution < -0.4 is 15.4 Å². The second kappa shape index (κ2) is 12.3. The predicted molar refractivity (Wildman–Crippen MR) is 135 cm³/mol. The molecule has 0 atom stereocenters. The summed E-state index contributed by atoms with van der Waals surface area (Å²) in [5.41, 5.74) is 2.68. The van der Waals surface area contributed by atoms with E-state index in [-0.39, 0.29) is 42.3 Å². The number of halogens is 1. The van der Waals surface area contributed by atoms with E-state index in [9.17, 15) is 9.59 Å². The molecule has 0 spiro atoms. The lowest BCUT2D eigenvalue weighted by Crippen LogP contribution is -2.49. The van der Waals surface area contributed by atoms with E-state index in [0.717, 1.165) is 22.8 Å². The predicted octanol–water partition coefficient (Wildman–Crippen LogP) is 2.09. The van der Waals surface area contributed by atoms with Crippen molar-refractivity contribution in [1.82, 2.24) is 20.4 Å². The minimum absolute atomic E-state index is 0. The van der Waals surface area contributed by atoms with Gasteiger partial charge in [-0.1, -0.05) is 30.3 Å². The summed E-state index contributed by atoms with van der Waals surface area (Å²) in [6.07, 6.45) is 0. The first-order valence-electron chi connectivity index (χ1n) is 10.2. The van der Waals surface area contributed by atoms with Gasteiger partial charge in [-0.25, -0.2) is 0 Å². The van der Waals surface area contributed by atoms with Gasteiger partial charge in [0.1, 0.15) is 5.75 Å². The van der Waals surface area contributed by atoms with Crippen LogP contribution in [0.2, 0.25) is 0 Å². The summed E-state index contributed by atoms with van der Waals surface area (Å²) in [5.74, 6) is 1.35. The normalized spacial score (nSPS) is 13.7. The smallest absolute Gasteiger partial charge is 0.254 e. The van der Waals surface area contributed by atoms with Gasteiger partial charge < -0.3 is 25.2 Å². The van der Waals surface area contributed by atoms with Crippen molar-refractivity contribution in [2.75, 3.05) is 40.8 Å². The third-order valence-corrected chi connectivity index (χ3v) is 5.15. The monoisotopic (exact) mass is 551 g/mol. The molecule has 9 heteroatoms.